The maximum Gasteiger partial charge on any atom is 0.0645 e. The quantitative estimate of drug-likeness (QED) is 0.524. The molecule has 1 aliphatic heterocycles. The van der Waals surface area contributed by atoms with Crippen LogP contribution in [0.5, 0.6) is 0 Å². The molecule has 0 unspecified atom stereocenters. The third-order valence-electron chi connectivity index (χ3n) is 4.51. The van der Waals surface area contributed by atoms with Crippen molar-refractivity contribution in [1.29, 1.82) is 0 Å². The number of hydrogen-bond donors (Lipinski definition) is 0. The molecule has 124 valence electrons. The van der Waals surface area contributed by atoms with Gasteiger partial charge in [0.25, 0.3) is 0 Å². The fourth-order valence-corrected chi connectivity index (χ4v) is 3.39. The lowest BCUT2D eigenvalue weighted by Gasteiger charge is -2.40. The van der Waals surface area contributed by atoms with Gasteiger partial charge in [0.05, 0.1) is 16.2 Å². The molecule has 0 fully saturated rings. The largest absolute Gasteiger partial charge is 0.366 e. The highest BCUT2D eigenvalue weighted by atomic mass is 79.9. The van der Waals surface area contributed by atoms with Crippen molar-refractivity contribution in [2.24, 2.45) is 4.99 Å². The van der Waals surface area contributed by atoms with Gasteiger partial charge >= 0.3 is 0 Å². The predicted molar refractivity (Wildman–Crippen MR) is 109 cm³/mol. The number of hydrogen-bond acceptors (Lipinski definition) is 2. The minimum Gasteiger partial charge on any atom is -0.366 e. The van der Waals surface area contributed by atoms with Crippen LogP contribution in [0.2, 0.25) is 5.02 Å². The average molecular weight is 404 g/mol. The summed E-state index contributed by atoms with van der Waals surface area (Å²) >= 11 is 9.51. The Balaban J connectivity index is 1.93. The fourth-order valence-electron chi connectivity index (χ4n) is 2.97. The normalized spacial score (nSPS) is 16.2. The van der Waals surface area contributed by atoms with Crippen molar-refractivity contribution < 1.29 is 0 Å². The minimum atomic E-state index is 0.0286. The summed E-state index contributed by atoms with van der Waals surface area (Å²) in [6, 6.07) is 12.2. The predicted octanol–water partition coefficient (Wildman–Crippen LogP) is 6.48. The summed E-state index contributed by atoms with van der Waals surface area (Å²) in [6.07, 6.45) is 4.19. The molecule has 1 heterocycles. The third kappa shape index (κ3) is 3.28. The lowest BCUT2D eigenvalue weighted by Crippen LogP contribution is -2.42. The van der Waals surface area contributed by atoms with Crippen LogP contribution in [0.25, 0.3) is 5.57 Å². The summed E-state index contributed by atoms with van der Waals surface area (Å²) in [4.78, 5) is 6.85. The van der Waals surface area contributed by atoms with Crippen molar-refractivity contribution >= 4 is 50.7 Å². The Labute approximate surface area is 157 Å². The van der Waals surface area contributed by atoms with E-state index < -0.39 is 0 Å². The van der Waals surface area contributed by atoms with Crippen LogP contribution in [-0.4, -0.2) is 18.8 Å². The second kappa shape index (κ2) is 6.38. The zero-order valence-corrected chi connectivity index (χ0v) is 16.6. The Hall–Kier alpha value is -1.58. The molecule has 0 aliphatic carbocycles. The molecule has 0 bridgehead atoms. The highest BCUT2D eigenvalue weighted by Crippen LogP contribution is 2.38. The van der Waals surface area contributed by atoms with E-state index in [1.807, 2.05) is 24.4 Å². The van der Waals surface area contributed by atoms with Crippen molar-refractivity contribution in [3.63, 3.8) is 0 Å². The van der Waals surface area contributed by atoms with Crippen molar-refractivity contribution in [1.82, 2.24) is 0 Å². The van der Waals surface area contributed by atoms with Crippen molar-refractivity contribution in [2.45, 2.75) is 26.3 Å². The number of anilines is 1. The summed E-state index contributed by atoms with van der Waals surface area (Å²) in [7, 11) is 2.14. The lowest BCUT2D eigenvalue weighted by molar-refractivity contribution is 0.598. The van der Waals surface area contributed by atoms with E-state index in [1.54, 1.807) is 0 Å². The molecule has 2 nitrogen and oxygen atoms in total. The van der Waals surface area contributed by atoms with Crippen molar-refractivity contribution in [3.05, 3.63) is 63.1 Å². The Morgan fingerprint density at radius 1 is 1.17 bits per heavy atom. The zero-order chi connectivity index (χ0) is 17.5. The van der Waals surface area contributed by atoms with E-state index >= 15 is 0 Å². The number of fused-ring (bicyclic) bond motifs is 1. The maximum atomic E-state index is 6.12. The first-order valence-electron chi connectivity index (χ1n) is 7.85. The second-order valence-electron chi connectivity index (χ2n) is 6.67. The van der Waals surface area contributed by atoms with Gasteiger partial charge in [-0.1, -0.05) is 23.7 Å². The number of benzene rings is 2. The first kappa shape index (κ1) is 17.2. The average Bonchev–Trinajstić information content (AvgIpc) is 2.53. The highest BCUT2D eigenvalue weighted by Gasteiger charge is 2.28. The smallest absolute Gasteiger partial charge is 0.0645 e. The van der Waals surface area contributed by atoms with Crippen LogP contribution >= 0.6 is 27.5 Å². The molecule has 0 aromatic heterocycles. The summed E-state index contributed by atoms with van der Waals surface area (Å²) in [5.41, 5.74) is 5.76. The van der Waals surface area contributed by atoms with Crippen LogP contribution in [0, 0.1) is 0 Å². The zero-order valence-electron chi connectivity index (χ0n) is 14.3. The van der Waals surface area contributed by atoms with Crippen LogP contribution in [0.3, 0.4) is 0 Å². The van der Waals surface area contributed by atoms with E-state index in [1.165, 1.54) is 16.8 Å². The van der Waals surface area contributed by atoms with E-state index in [4.69, 9.17) is 11.6 Å². The molecule has 0 spiro atoms. The molecular weight excluding hydrogens is 384 g/mol. The molecule has 0 atom stereocenters. The van der Waals surface area contributed by atoms with Gasteiger partial charge in [-0.3, -0.25) is 4.99 Å². The lowest BCUT2D eigenvalue weighted by atomic mass is 9.89. The minimum absolute atomic E-state index is 0.0286. The van der Waals surface area contributed by atoms with Gasteiger partial charge in [-0.05, 0) is 78.2 Å². The summed E-state index contributed by atoms with van der Waals surface area (Å²) < 4.78 is 0.878. The van der Waals surface area contributed by atoms with Crippen LogP contribution < -0.4 is 4.90 Å². The SMILES string of the molecule is CC1=CC(C)(C)N(C)c2ccc(C=Nc3ccc(Br)c(Cl)c3)cc21. The molecule has 3 rings (SSSR count). The van der Waals surface area contributed by atoms with E-state index in [-0.39, 0.29) is 5.54 Å². The Morgan fingerprint density at radius 2 is 1.92 bits per heavy atom. The molecule has 4 heteroatoms. The topological polar surface area (TPSA) is 15.6 Å². The molecule has 0 saturated carbocycles. The van der Waals surface area contributed by atoms with Gasteiger partial charge in [-0.15, -0.1) is 0 Å². The molecular formula is C20H20BrClN2. The summed E-state index contributed by atoms with van der Waals surface area (Å²) in [5.74, 6) is 0. The second-order valence-corrected chi connectivity index (χ2v) is 7.93. The van der Waals surface area contributed by atoms with Crippen LogP contribution in [-0.2, 0) is 0 Å². The van der Waals surface area contributed by atoms with E-state index in [0.717, 1.165) is 15.7 Å². The number of allylic oxidation sites excluding steroid dienone is 1. The number of aliphatic imine (C=N–C) groups is 1. The van der Waals surface area contributed by atoms with E-state index in [9.17, 15) is 0 Å². The van der Waals surface area contributed by atoms with Gasteiger partial charge in [0.1, 0.15) is 0 Å². The van der Waals surface area contributed by atoms with Crippen molar-refractivity contribution in [2.75, 3.05) is 11.9 Å². The number of halogens is 2. The molecule has 24 heavy (non-hydrogen) atoms. The number of rotatable bonds is 2. The molecule has 2 aromatic rings. The molecule has 0 saturated heterocycles. The van der Waals surface area contributed by atoms with Crippen molar-refractivity contribution in [3.8, 4) is 0 Å². The fraction of sp³-hybridized carbons (Fsp3) is 0.250. The first-order chi connectivity index (χ1) is 11.3. The molecule has 2 aromatic carbocycles. The highest BCUT2D eigenvalue weighted by molar-refractivity contribution is 9.10. The third-order valence-corrected chi connectivity index (χ3v) is 5.74. The number of likely N-dealkylation sites (N-methyl/N-ethyl adjacent to an activating group) is 1. The maximum absolute atomic E-state index is 6.12. The van der Waals surface area contributed by atoms with Gasteiger partial charge in [-0.25, -0.2) is 0 Å². The Bertz CT molecular complexity index is 853. The Kier molecular flexibility index (Phi) is 4.58. The van der Waals surface area contributed by atoms with Gasteiger partial charge in [-0.2, -0.15) is 0 Å². The molecule has 0 amide bonds. The van der Waals surface area contributed by atoms with Gasteiger partial charge in [0.15, 0.2) is 0 Å². The van der Waals surface area contributed by atoms with Gasteiger partial charge in [0, 0.05) is 29.0 Å². The standard InChI is InChI=1S/C20H20BrClN2/c1-13-11-20(2,3)24(4)19-8-5-14(9-16(13)19)12-23-15-6-7-17(21)18(22)10-15/h5-12H,1-4H3. The molecule has 0 radical (unpaired) electrons. The Morgan fingerprint density at radius 3 is 2.62 bits per heavy atom. The van der Waals surface area contributed by atoms with Gasteiger partial charge < -0.3 is 4.90 Å². The van der Waals surface area contributed by atoms with E-state index in [2.05, 4.69) is 77.9 Å². The van der Waals surface area contributed by atoms with E-state index in [0.29, 0.717) is 5.02 Å². The monoisotopic (exact) mass is 402 g/mol. The molecule has 0 N–H and O–H groups in total. The summed E-state index contributed by atoms with van der Waals surface area (Å²) in [5, 5.41) is 0.665. The first-order valence-corrected chi connectivity index (χ1v) is 9.02. The number of nitrogens with zero attached hydrogens (tertiary/aromatic N) is 2. The van der Waals surface area contributed by atoms with Gasteiger partial charge in [0.2, 0.25) is 0 Å². The van der Waals surface area contributed by atoms with Crippen LogP contribution in [0.1, 0.15) is 31.9 Å². The van der Waals surface area contributed by atoms with Crippen LogP contribution in [0.4, 0.5) is 11.4 Å². The molecule has 1 aliphatic rings. The summed E-state index contributed by atoms with van der Waals surface area (Å²) in [6.45, 7) is 6.63. The van der Waals surface area contributed by atoms with Crippen LogP contribution in [0.15, 0.2) is 51.9 Å².